The molecule has 0 saturated carbocycles. The lowest BCUT2D eigenvalue weighted by atomic mass is 10.1. The van der Waals surface area contributed by atoms with Gasteiger partial charge in [-0.3, -0.25) is 4.79 Å². The minimum absolute atomic E-state index is 0.0317. The van der Waals surface area contributed by atoms with Gasteiger partial charge in [0.2, 0.25) is 0 Å². The van der Waals surface area contributed by atoms with E-state index >= 15 is 0 Å². The van der Waals surface area contributed by atoms with E-state index in [0.717, 1.165) is 0 Å². The predicted molar refractivity (Wildman–Crippen MR) is 68.0 cm³/mol. The third-order valence-electron chi connectivity index (χ3n) is 2.48. The lowest BCUT2D eigenvalue weighted by molar-refractivity contribution is -0.132. The molecule has 0 bridgehead atoms. The Balaban J connectivity index is 2.66. The maximum absolute atomic E-state index is 11.2. The maximum atomic E-state index is 11.2. The Hall–Kier alpha value is -2.10. The number of aliphatic carboxylic acids is 1. The zero-order valence-corrected chi connectivity index (χ0v) is 10.5. The molecular formula is C14H16O4. The quantitative estimate of drug-likeness (QED) is 0.621. The summed E-state index contributed by atoms with van der Waals surface area (Å²) in [6.07, 6.45) is 1.98. The number of ether oxygens (including phenoxy) is 1. The molecule has 0 radical (unpaired) electrons. The van der Waals surface area contributed by atoms with Crippen molar-refractivity contribution in [2.24, 2.45) is 0 Å². The second-order valence-corrected chi connectivity index (χ2v) is 3.78. The number of hydrogen-bond donors (Lipinski definition) is 1. The lowest BCUT2D eigenvalue weighted by Gasteiger charge is -2.05. The third-order valence-corrected chi connectivity index (χ3v) is 2.48. The van der Waals surface area contributed by atoms with Crippen LogP contribution in [0.3, 0.4) is 0 Å². The molecule has 96 valence electrons. The van der Waals surface area contributed by atoms with Crippen molar-refractivity contribution >= 4 is 11.8 Å². The second-order valence-electron chi connectivity index (χ2n) is 3.78. The number of carbonyl (C=O) groups is 2. The van der Waals surface area contributed by atoms with E-state index in [4.69, 9.17) is 9.84 Å². The van der Waals surface area contributed by atoms with Crippen molar-refractivity contribution in [2.45, 2.75) is 20.3 Å². The highest BCUT2D eigenvalue weighted by atomic mass is 16.5. The summed E-state index contributed by atoms with van der Waals surface area (Å²) in [7, 11) is 0. The summed E-state index contributed by atoms with van der Waals surface area (Å²) in [5.41, 5.74) is 0.892. The molecule has 4 nitrogen and oxygen atoms in total. The number of benzene rings is 1. The van der Waals surface area contributed by atoms with Crippen molar-refractivity contribution in [1.29, 1.82) is 0 Å². The van der Waals surface area contributed by atoms with Crippen LogP contribution in [-0.2, 0) is 4.79 Å². The average Bonchev–Trinajstić information content (AvgIpc) is 2.34. The van der Waals surface area contributed by atoms with Crippen molar-refractivity contribution in [2.75, 3.05) is 6.61 Å². The minimum atomic E-state index is -0.932. The van der Waals surface area contributed by atoms with E-state index < -0.39 is 5.97 Å². The first-order valence-corrected chi connectivity index (χ1v) is 5.70. The minimum Gasteiger partial charge on any atom is -0.489 e. The van der Waals surface area contributed by atoms with Gasteiger partial charge in [0.05, 0.1) is 0 Å². The van der Waals surface area contributed by atoms with Crippen LogP contribution in [-0.4, -0.2) is 23.5 Å². The Morgan fingerprint density at radius 3 is 2.67 bits per heavy atom. The van der Waals surface area contributed by atoms with Crippen LogP contribution in [0.25, 0.3) is 0 Å². The average molecular weight is 248 g/mol. The molecule has 4 heteroatoms. The van der Waals surface area contributed by atoms with Crippen LogP contribution < -0.4 is 4.74 Å². The van der Waals surface area contributed by atoms with Gasteiger partial charge in [-0.05, 0) is 31.6 Å². The highest BCUT2D eigenvalue weighted by Crippen LogP contribution is 2.14. The number of carboxylic acids is 1. The summed E-state index contributed by atoms with van der Waals surface area (Å²) in [5.74, 6) is -0.408. The van der Waals surface area contributed by atoms with Crippen LogP contribution in [0.4, 0.5) is 0 Å². The van der Waals surface area contributed by atoms with E-state index in [1.165, 1.54) is 13.0 Å². The van der Waals surface area contributed by atoms with Crippen molar-refractivity contribution in [3.8, 4) is 5.75 Å². The standard InChI is InChI=1S/C14H16O4/c1-3-11(14(16)17)7-8-18-13-6-4-5-12(9-13)10(2)15/h4-7,9H,3,8H2,1-2H3,(H,16,17). The number of carbonyl (C=O) groups excluding carboxylic acids is 1. The van der Waals surface area contributed by atoms with E-state index in [9.17, 15) is 9.59 Å². The van der Waals surface area contributed by atoms with Crippen LogP contribution in [0.2, 0.25) is 0 Å². The van der Waals surface area contributed by atoms with Gasteiger partial charge in [0.25, 0.3) is 0 Å². The molecule has 0 unspecified atom stereocenters. The molecule has 0 aromatic heterocycles. The van der Waals surface area contributed by atoms with Crippen molar-refractivity contribution in [3.63, 3.8) is 0 Å². The van der Waals surface area contributed by atoms with Gasteiger partial charge in [-0.25, -0.2) is 4.79 Å². The topological polar surface area (TPSA) is 63.6 Å². The summed E-state index contributed by atoms with van der Waals surface area (Å²) in [4.78, 5) is 21.9. The van der Waals surface area contributed by atoms with Crippen LogP contribution in [0, 0.1) is 0 Å². The zero-order valence-electron chi connectivity index (χ0n) is 10.5. The Kier molecular flexibility index (Phi) is 5.11. The summed E-state index contributed by atoms with van der Waals surface area (Å²) in [6, 6.07) is 6.81. The molecule has 0 aliphatic heterocycles. The van der Waals surface area contributed by atoms with Gasteiger partial charge in [-0.15, -0.1) is 0 Å². The molecule has 1 aromatic carbocycles. The number of Topliss-reactive ketones (excluding diaryl/α,β-unsaturated/α-hetero) is 1. The molecule has 1 aromatic rings. The van der Waals surface area contributed by atoms with E-state index in [-0.39, 0.29) is 12.4 Å². The lowest BCUT2D eigenvalue weighted by Crippen LogP contribution is -2.03. The fraction of sp³-hybridized carbons (Fsp3) is 0.286. The second kappa shape index (κ2) is 6.59. The predicted octanol–water partition coefficient (Wildman–Crippen LogP) is 2.69. The molecule has 0 saturated heterocycles. The molecule has 0 spiro atoms. The van der Waals surface area contributed by atoms with Gasteiger partial charge < -0.3 is 9.84 Å². The summed E-state index contributed by atoms with van der Waals surface area (Å²) >= 11 is 0. The molecule has 0 amide bonds. The van der Waals surface area contributed by atoms with Crippen LogP contribution in [0.5, 0.6) is 5.75 Å². The largest absolute Gasteiger partial charge is 0.489 e. The van der Waals surface area contributed by atoms with E-state index in [1.54, 1.807) is 31.2 Å². The highest BCUT2D eigenvalue weighted by Gasteiger charge is 2.04. The fourth-order valence-electron chi connectivity index (χ4n) is 1.43. The van der Waals surface area contributed by atoms with Gasteiger partial charge in [0, 0.05) is 11.1 Å². The maximum Gasteiger partial charge on any atom is 0.331 e. The third kappa shape index (κ3) is 4.05. The Morgan fingerprint density at radius 2 is 2.11 bits per heavy atom. The fourth-order valence-corrected chi connectivity index (χ4v) is 1.43. The monoisotopic (exact) mass is 248 g/mol. The van der Waals surface area contributed by atoms with E-state index in [0.29, 0.717) is 23.3 Å². The number of rotatable bonds is 6. The molecule has 0 aliphatic carbocycles. The molecule has 18 heavy (non-hydrogen) atoms. The molecule has 1 rings (SSSR count). The Morgan fingerprint density at radius 1 is 1.39 bits per heavy atom. The number of carboxylic acid groups (broad SMARTS) is 1. The van der Waals surface area contributed by atoms with E-state index in [2.05, 4.69) is 0 Å². The Labute approximate surface area is 106 Å². The van der Waals surface area contributed by atoms with Crippen molar-refractivity contribution in [3.05, 3.63) is 41.5 Å². The molecule has 1 N–H and O–H groups in total. The smallest absolute Gasteiger partial charge is 0.331 e. The first-order chi connectivity index (χ1) is 8.54. The number of hydrogen-bond acceptors (Lipinski definition) is 3. The van der Waals surface area contributed by atoms with Crippen LogP contribution >= 0.6 is 0 Å². The Bertz CT molecular complexity index is 474. The normalized spacial score (nSPS) is 11.1. The first-order valence-electron chi connectivity index (χ1n) is 5.70. The van der Waals surface area contributed by atoms with Gasteiger partial charge in [-0.2, -0.15) is 0 Å². The summed E-state index contributed by atoms with van der Waals surface area (Å²) < 4.78 is 5.39. The van der Waals surface area contributed by atoms with Gasteiger partial charge >= 0.3 is 5.97 Å². The highest BCUT2D eigenvalue weighted by molar-refractivity contribution is 5.94. The van der Waals surface area contributed by atoms with Crippen molar-refractivity contribution in [1.82, 2.24) is 0 Å². The van der Waals surface area contributed by atoms with Gasteiger partial charge in [0.1, 0.15) is 12.4 Å². The zero-order chi connectivity index (χ0) is 13.5. The van der Waals surface area contributed by atoms with Gasteiger partial charge in [-0.1, -0.05) is 19.1 Å². The molecule has 0 atom stereocenters. The van der Waals surface area contributed by atoms with Crippen LogP contribution in [0.1, 0.15) is 30.6 Å². The van der Waals surface area contributed by atoms with E-state index in [1.807, 2.05) is 0 Å². The summed E-state index contributed by atoms with van der Waals surface area (Å²) in [5, 5.41) is 8.82. The molecule has 0 aliphatic rings. The van der Waals surface area contributed by atoms with Crippen LogP contribution in [0.15, 0.2) is 35.9 Å². The first kappa shape index (κ1) is 14.0. The molecule has 0 fully saturated rings. The summed E-state index contributed by atoms with van der Waals surface area (Å²) in [6.45, 7) is 3.44. The molecular weight excluding hydrogens is 232 g/mol. The SMILES string of the molecule is CCC(=CCOc1cccc(C(C)=O)c1)C(=O)O. The number of ketones is 1. The molecule has 0 heterocycles. The van der Waals surface area contributed by atoms with Gasteiger partial charge in [0.15, 0.2) is 5.78 Å². The van der Waals surface area contributed by atoms with Crippen molar-refractivity contribution < 1.29 is 19.4 Å².